The van der Waals surface area contributed by atoms with Crippen LogP contribution in [0.1, 0.15) is 40.5 Å². The molecule has 0 unspecified atom stereocenters. The van der Waals surface area contributed by atoms with Crippen molar-refractivity contribution in [1.29, 1.82) is 0 Å². The van der Waals surface area contributed by atoms with Crippen LogP contribution in [0.15, 0.2) is 0 Å². The van der Waals surface area contributed by atoms with Crippen LogP contribution in [0.4, 0.5) is 11.9 Å². The molecule has 0 amide bonds. The highest BCUT2D eigenvalue weighted by Gasteiger charge is 2.05. The van der Waals surface area contributed by atoms with Gasteiger partial charge in [0.25, 0.3) is 11.9 Å². The van der Waals surface area contributed by atoms with Crippen molar-refractivity contribution >= 4 is 11.9 Å². The lowest BCUT2D eigenvalue weighted by Gasteiger charge is -2.11. The Labute approximate surface area is 96.3 Å². The lowest BCUT2D eigenvalue weighted by atomic mass is 10.3. The Morgan fingerprint density at radius 1 is 0.812 bits per heavy atom. The predicted octanol–water partition coefficient (Wildman–Crippen LogP) is 1.69. The van der Waals surface area contributed by atoms with Crippen LogP contribution < -0.4 is 10.6 Å². The summed E-state index contributed by atoms with van der Waals surface area (Å²) >= 11 is 0. The maximum atomic E-state index is 3.96. The van der Waals surface area contributed by atoms with Gasteiger partial charge in [0.05, 0.1) is 0 Å². The summed E-state index contributed by atoms with van der Waals surface area (Å²) < 4.78 is 0. The zero-order chi connectivity index (χ0) is 12.0. The molecule has 1 aromatic heterocycles. The predicted molar refractivity (Wildman–Crippen MR) is 64.4 cm³/mol. The molecule has 6 nitrogen and oxygen atoms in total. The first-order chi connectivity index (χ1) is 7.65. The summed E-state index contributed by atoms with van der Waals surface area (Å²) in [7, 11) is 0. The molecule has 0 aliphatic heterocycles. The van der Waals surface area contributed by atoms with Crippen LogP contribution in [0.5, 0.6) is 0 Å². The largest absolute Gasteiger partial charge is 0.349 e. The zero-order valence-corrected chi connectivity index (χ0v) is 10.4. The number of hydrogen-bond donors (Lipinski definition) is 2. The second-order valence-electron chi connectivity index (χ2n) is 3.95. The minimum absolute atomic E-state index is 0.331. The van der Waals surface area contributed by atoms with Gasteiger partial charge >= 0.3 is 0 Å². The van der Waals surface area contributed by atoms with Gasteiger partial charge in [0.15, 0.2) is 0 Å². The number of nitrogens with zero attached hydrogens (tertiary/aromatic N) is 4. The third-order valence-electron chi connectivity index (χ3n) is 2.45. The first kappa shape index (κ1) is 12.6. The van der Waals surface area contributed by atoms with Crippen LogP contribution in [-0.4, -0.2) is 32.5 Å². The van der Waals surface area contributed by atoms with Crippen LogP contribution in [0.3, 0.4) is 0 Å². The number of hydrogen-bond acceptors (Lipinski definition) is 6. The molecule has 1 heterocycles. The van der Waals surface area contributed by atoms with Crippen molar-refractivity contribution in [2.24, 2.45) is 0 Å². The van der Waals surface area contributed by atoms with Crippen molar-refractivity contribution in [3.8, 4) is 0 Å². The Balaban J connectivity index is 2.54. The van der Waals surface area contributed by atoms with E-state index in [4.69, 9.17) is 0 Å². The molecule has 2 atom stereocenters. The van der Waals surface area contributed by atoms with E-state index < -0.39 is 0 Å². The molecule has 0 fully saturated rings. The van der Waals surface area contributed by atoms with Gasteiger partial charge < -0.3 is 10.6 Å². The summed E-state index contributed by atoms with van der Waals surface area (Å²) in [6.45, 7) is 8.32. The highest BCUT2D eigenvalue weighted by atomic mass is 15.4. The number of anilines is 2. The van der Waals surface area contributed by atoms with Gasteiger partial charge in [-0.25, -0.2) is 0 Å². The molecule has 0 saturated heterocycles. The normalized spacial score (nSPS) is 14.2. The molecule has 0 aromatic carbocycles. The summed E-state index contributed by atoms with van der Waals surface area (Å²) in [6, 6.07) is 0.661. The van der Waals surface area contributed by atoms with Crippen LogP contribution in [0, 0.1) is 0 Å². The summed E-state index contributed by atoms with van der Waals surface area (Å²) in [5.41, 5.74) is 0. The van der Waals surface area contributed by atoms with E-state index in [0.717, 1.165) is 12.8 Å². The van der Waals surface area contributed by atoms with Crippen molar-refractivity contribution < 1.29 is 0 Å². The Hall–Kier alpha value is -1.46. The molecule has 0 radical (unpaired) electrons. The van der Waals surface area contributed by atoms with Crippen LogP contribution in [0.2, 0.25) is 0 Å². The third kappa shape index (κ3) is 3.96. The van der Waals surface area contributed by atoms with E-state index in [1.165, 1.54) is 0 Å². The molecular weight excluding hydrogens is 204 g/mol. The minimum Gasteiger partial charge on any atom is -0.349 e. The molecule has 90 valence electrons. The first-order valence-electron chi connectivity index (χ1n) is 5.76. The molecule has 2 N–H and O–H groups in total. The maximum Gasteiger partial charge on any atom is 0.262 e. The fourth-order valence-electron chi connectivity index (χ4n) is 0.990. The van der Waals surface area contributed by atoms with Crippen LogP contribution >= 0.6 is 0 Å². The Kier molecular flexibility index (Phi) is 4.88. The smallest absolute Gasteiger partial charge is 0.262 e. The van der Waals surface area contributed by atoms with E-state index in [1.807, 2.05) is 0 Å². The molecule has 16 heavy (non-hydrogen) atoms. The molecule has 0 aliphatic carbocycles. The molecule has 0 spiro atoms. The van der Waals surface area contributed by atoms with Crippen LogP contribution in [0.25, 0.3) is 0 Å². The molecule has 0 saturated carbocycles. The van der Waals surface area contributed by atoms with Gasteiger partial charge in [-0.2, -0.15) is 0 Å². The van der Waals surface area contributed by atoms with Crippen molar-refractivity contribution in [2.45, 2.75) is 52.6 Å². The summed E-state index contributed by atoms with van der Waals surface area (Å²) in [5.74, 6) is 0.952. The zero-order valence-electron chi connectivity index (χ0n) is 10.4. The fourth-order valence-corrected chi connectivity index (χ4v) is 0.990. The molecule has 0 bridgehead atoms. The third-order valence-corrected chi connectivity index (χ3v) is 2.45. The Morgan fingerprint density at radius 3 is 1.38 bits per heavy atom. The Morgan fingerprint density at radius 2 is 1.12 bits per heavy atom. The molecular formula is C10H20N6. The molecule has 6 heteroatoms. The van der Waals surface area contributed by atoms with Crippen molar-refractivity contribution in [1.82, 2.24) is 20.4 Å². The van der Waals surface area contributed by atoms with E-state index >= 15 is 0 Å². The van der Waals surface area contributed by atoms with E-state index in [-0.39, 0.29) is 0 Å². The standard InChI is InChI=1S/C10H20N6/c1-5-7(3)11-9-13-15-10(16-14-9)12-8(4)6-2/h7-8H,5-6H2,1-4H3,(H,11,13,14)(H,12,15,16)/t7-,8+. The average Bonchev–Trinajstić information content (AvgIpc) is 2.31. The van der Waals surface area contributed by atoms with Crippen molar-refractivity contribution in [3.63, 3.8) is 0 Å². The second-order valence-corrected chi connectivity index (χ2v) is 3.95. The first-order valence-corrected chi connectivity index (χ1v) is 5.76. The van der Waals surface area contributed by atoms with Gasteiger partial charge in [-0.1, -0.05) is 13.8 Å². The van der Waals surface area contributed by atoms with Crippen LogP contribution in [-0.2, 0) is 0 Å². The second kappa shape index (κ2) is 6.19. The van der Waals surface area contributed by atoms with Gasteiger partial charge in [0, 0.05) is 12.1 Å². The topological polar surface area (TPSA) is 75.6 Å². The highest BCUT2D eigenvalue weighted by molar-refractivity contribution is 5.26. The number of aromatic nitrogens is 4. The quantitative estimate of drug-likeness (QED) is 0.765. The van der Waals surface area contributed by atoms with E-state index in [9.17, 15) is 0 Å². The van der Waals surface area contributed by atoms with E-state index in [1.54, 1.807) is 0 Å². The van der Waals surface area contributed by atoms with E-state index in [2.05, 4.69) is 58.7 Å². The fraction of sp³-hybridized carbons (Fsp3) is 0.800. The van der Waals surface area contributed by atoms with Gasteiger partial charge in [0.2, 0.25) is 0 Å². The Bertz CT molecular complexity index is 268. The number of nitrogens with one attached hydrogen (secondary N) is 2. The number of rotatable bonds is 6. The molecule has 1 rings (SSSR count). The summed E-state index contributed by atoms with van der Waals surface area (Å²) in [4.78, 5) is 0. The molecule has 0 aliphatic rings. The van der Waals surface area contributed by atoms with Gasteiger partial charge in [-0.3, -0.25) is 0 Å². The average molecular weight is 224 g/mol. The molecule has 1 aromatic rings. The lowest BCUT2D eigenvalue weighted by Crippen LogP contribution is -2.20. The van der Waals surface area contributed by atoms with Gasteiger partial charge in [-0.05, 0) is 26.7 Å². The SMILES string of the molecule is CC[C@@H](C)Nc1nnc(N[C@@H](C)CC)nn1. The monoisotopic (exact) mass is 224 g/mol. The van der Waals surface area contributed by atoms with Crippen molar-refractivity contribution in [2.75, 3.05) is 10.6 Å². The maximum absolute atomic E-state index is 3.96. The minimum atomic E-state index is 0.331. The van der Waals surface area contributed by atoms with Gasteiger partial charge in [0.1, 0.15) is 0 Å². The highest BCUT2D eigenvalue weighted by Crippen LogP contribution is 2.03. The lowest BCUT2D eigenvalue weighted by molar-refractivity contribution is 0.716. The van der Waals surface area contributed by atoms with E-state index in [0.29, 0.717) is 24.0 Å². The van der Waals surface area contributed by atoms with Gasteiger partial charge in [-0.15, -0.1) is 20.4 Å². The van der Waals surface area contributed by atoms with Crippen molar-refractivity contribution in [3.05, 3.63) is 0 Å². The summed E-state index contributed by atoms with van der Waals surface area (Å²) in [6.07, 6.45) is 2.02. The summed E-state index contributed by atoms with van der Waals surface area (Å²) in [5, 5.41) is 22.0.